The number of hydrogen-bond donors (Lipinski definition) is 0. The minimum Gasteiger partial charge on any atom is -0.444 e. The summed E-state index contributed by atoms with van der Waals surface area (Å²) in [6.07, 6.45) is 1.07. The van der Waals surface area contributed by atoms with Crippen LogP contribution in [0.5, 0.6) is 0 Å². The van der Waals surface area contributed by atoms with Crippen molar-refractivity contribution in [2.45, 2.75) is 47.1 Å². The highest BCUT2D eigenvalue weighted by Crippen LogP contribution is 2.32. The monoisotopic (exact) mass is 454 g/mol. The molecule has 8 heteroatoms. The summed E-state index contributed by atoms with van der Waals surface area (Å²) in [5.74, 6) is 0.310. The molecule has 0 spiro atoms. The van der Waals surface area contributed by atoms with Crippen LogP contribution in [0.4, 0.5) is 15.0 Å². The van der Waals surface area contributed by atoms with Crippen molar-refractivity contribution in [1.82, 2.24) is 14.9 Å². The Morgan fingerprint density at radius 1 is 1.18 bits per heavy atom. The zero-order valence-corrected chi connectivity index (χ0v) is 18.9. The molecular weight excluding hydrogens is 427 g/mol. The number of carbonyl (C=O) groups is 1. The number of hydrogen-bond acceptors (Lipinski definition) is 5. The van der Waals surface area contributed by atoms with Gasteiger partial charge in [-0.1, -0.05) is 13.8 Å². The molecule has 0 saturated carbocycles. The number of benzene rings is 1. The minimum atomic E-state index is -0.514. The molecule has 0 radical (unpaired) electrons. The summed E-state index contributed by atoms with van der Waals surface area (Å²) in [7, 11) is 0. The number of rotatable bonds is 1. The molecule has 0 N–H and O–H groups in total. The first-order valence-corrected chi connectivity index (χ1v) is 10.3. The number of aryl methyl sites for hydroxylation is 1. The molecule has 0 bridgehead atoms. The Morgan fingerprint density at radius 2 is 1.79 bits per heavy atom. The number of nitrogens with zero attached hydrogens (tertiary/aromatic N) is 4. The SMILES string of the molecule is CC.Cc1cc2c(N3CCN(C(=O)OC(C)(C)C)CC3)ncnc2c(F)c1Br. The second-order valence-electron chi connectivity index (χ2n) is 7.37. The van der Waals surface area contributed by atoms with Crippen molar-refractivity contribution in [3.8, 4) is 0 Å². The second-order valence-corrected chi connectivity index (χ2v) is 8.16. The van der Waals surface area contributed by atoms with Gasteiger partial charge in [0.15, 0.2) is 5.82 Å². The van der Waals surface area contributed by atoms with Crippen LogP contribution in [0.25, 0.3) is 10.9 Å². The highest BCUT2D eigenvalue weighted by atomic mass is 79.9. The fourth-order valence-corrected chi connectivity index (χ4v) is 3.23. The molecule has 1 aromatic heterocycles. The third kappa shape index (κ3) is 4.90. The minimum absolute atomic E-state index is 0.294. The first-order valence-electron chi connectivity index (χ1n) is 9.49. The maximum atomic E-state index is 14.5. The Bertz CT molecular complexity index is 846. The molecule has 28 heavy (non-hydrogen) atoms. The topological polar surface area (TPSA) is 58.6 Å². The van der Waals surface area contributed by atoms with Crippen LogP contribution in [0.2, 0.25) is 0 Å². The van der Waals surface area contributed by atoms with E-state index in [2.05, 4.69) is 30.8 Å². The van der Waals surface area contributed by atoms with Gasteiger partial charge in [-0.15, -0.1) is 0 Å². The van der Waals surface area contributed by atoms with E-state index in [1.807, 2.05) is 47.6 Å². The molecule has 1 aromatic carbocycles. The van der Waals surface area contributed by atoms with Crippen LogP contribution in [-0.4, -0.2) is 52.7 Å². The van der Waals surface area contributed by atoms with Crippen molar-refractivity contribution in [3.63, 3.8) is 0 Å². The predicted octanol–water partition coefficient (Wildman–Crippen LogP) is 4.92. The Kier molecular flexibility index (Phi) is 7.20. The van der Waals surface area contributed by atoms with E-state index in [-0.39, 0.29) is 11.9 Å². The van der Waals surface area contributed by atoms with Gasteiger partial charge in [-0.3, -0.25) is 0 Å². The summed E-state index contributed by atoms with van der Waals surface area (Å²) in [5, 5.41) is 0.677. The van der Waals surface area contributed by atoms with E-state index in [0.29, 0.717) is 47.4 Å². The molecule has 1 saturated heterocycles. The third-order valence-electron chi connectivity index (χ3n) is 4.20. The highest BCUT2D eigenvalue weighted by Gasteiger charge is 2.27. The fraction of sp³-hybridized carbons (Fsp3) is 0.550. The summed E-state index contributed by atoms with van der Waals surface area (Å²) in [6.45, 7) is 13.6. The smallest absolute Gasteiger partial charge is 0.410 e. The second kappa shape index (κ2) is 9.03. The predicted molar refractivity (Wildman–Crippen MR) is 113 cm³/mol. The molecule has 0 aliphatic carbocycles. The van der Waals surface area contributed by atoms with Crippen LogP contribution in [-0.2, 0) is 4.74 Å². The number of aromatic nitrogens is 2. The number of carbonyl (C=O) groups excluding carboxylic acids is 1. The molecule has 154 valence electrons. The van der Waals surface area contributed by atoms with Gasteiger partial charge in [0.05, 0.1) is 4.47 Å². The number of anilines is 1. The molecule has 2 aromatic rings. The van der Waals surface area contributed by atoms with Crippen molar-refractivity contribution in [2.24, 2.45) is 0 Å². The quantitative estimate of drug-likeness (QED) is 0.611. The summed E-state index contributed by atoms with van der Waals surface area (Å²) in [5.41, 5.74) is 0.569. The molecule has 1 aliphatic rings. The van der Waals surface area contributed by atoms with E-state index in [1.54, 1.807) is 4.90 Å². The van der Waals surface area contributed by atoms with Crippen LogP contribution >= 0.6 is 15.9 Å². The number of amides is 1. The lowest BCUT2D eigenvalue weighted by molar-refractivity contribution is 0.0240. The summed E-state index contributed by atoms with van der Waals surface area (Å²) >= 11 is 3.26. The van der Waals surface area contributed by atoms with Crippen molar-refractivity contribution in [2.75, 3.05) is 31.1 Å². The highest BCUT2D eigenvalue weighted by molar-refractivity contribution is 9.10. The molecule has 0 unspecified atom stereocenters. The van der Waals surface area contributed by atoms with Gasteiger partial charge in [0.2, 0.25) is 0 Å². The normalized spacial score (nSPS) is 14.6. The fourth-order valence-electron chi connectivity index (χ4n) is 2.93. The number of piperazine rings is 1. The van der Waals surface area contributed by atoms with E-state index >= 15 is 0 Å². The Hall–Kier alpha value is -1.96. The molecule has 1 fully saturated rings. The van der Waals surface area contributed by atoms with Crippen LogP contribution in [0, 0.1) is 12.7 Å². The number of fused-ring (bicyclic) bond motifs is 1. The summed E-state index contributed by atoms with van der Waals surface area (Å²) in [4.78, 5) is 24.4. The van der Waals surface area contributed by atoms with Crippen molar-refractivity contribution in [3.05, 3.63) is 28.2 Å². The molecular formula is C20H28BrFN4O2. The Balaban J connectivity index is 0.00000136. The van der Waals surface area contributed by atoms with Crippen LogP contribution < -0.4 is 4.90 Å². The van der Waals surface area contributed by atoms with Crippen LogP contribution in [0.1, 0.15) is 40.2 Å². The lowest BCUT2D eigenvalue weighted by atomic mass is 10.1. The number of halogens is 2. The van der Waals surface area contributed by atoms with Gasteiger partial charge in [-0.25, -0.2) is 19.2 Å². The maximum absolute atomic E-state index is 14.5. The van der Waals surface area contributed by atoms with Gasteiger partial charge >= 0.3 is 6.09 Å². The Morgan fingerprint density at radius 3 is 2.36 bits per heavy atom. The van der Waals surface area contributed by atoms with Crippen LogP contribution in [0.15, 0.2) is 16.9 Å². The average Bonchev–Trinajstić information content (AvgIpc) is 2.66. The van der Waals surface area contributed by atoms with E-state index in [1.165, 1.54) is 6.33 Å². The first kappa shape index (κ1) is 22.3. The molecule has 2 heterocycles. The van der Waals surface area contributed by atoms with Crippen molar-refractivity contribution in [1.29, 1.82) is 0 Å². The van der Waals surface area contributed by atoms with E-state index in [0.717, 1.165) is 5.56 Å². The van der Waals surface area contributed by atoms with Gasteiger partial charge in [0.25, 0.3) is 0 Å². The molecule has 1 aliphatic heterocycles. The first-order chi connectivity index (χ1) is 13.2. The molecule has 3 rings (SSSR count). The maximum Gasteiger partial charge on any atom is 0.410 e. The van der Waals surface area contributed by atoms with Crippen LogP contribution in [0.3, 0.4) is 0 Å². The van der Waals surface area contributed by atoms with Gasteiger partial charge in [-0.2, -0.15) is 0 Å². The standard InChI is InChI=1S/C18H22BrFN4O2.C2H6/c1-11-9-12-15(14(20)13(11)19)21-10-22-16(12)23-5-7-24(8-6-23)17(25)26-18(2,3)4;1-2/h9-10H,5-8H2,1-4H3;1-2H3. The molecule has 1 amide bonds. The average molecular weight is 455 g/mol. The van der Waals surface area contributed by atoms with E-state index in [9.17, 15) is 9.18 Å². The van der Waals surface area contributed by atoms with Gasteiger partial charge in [-0.05, 0) is 55.3 Å². The molecule has 0 atom stereocenters. The third-order valence-corrected chi connectivity index (χ3v) is 5.17. The largest absolute Gasteiger partial charge is 0.444 e. The van der Waals surface area contributed by atoms with Crippen molar-refractivity contribution < 1.29 is 13.9 Å². The van der Waals surface area contributed by atoms with Gasteiger partial charge < -0.3 is 14.5 Å². The van der Waals surface area contributed by atoms with Gasteiger partial charge in [0, 0.05) is 31.6 Å². The lowest BCUT2D eigenvalue weighted by Gasteiger charge is -2.36. The van der Waals surface area contributed by atoms with Gasteiger partial charge in [0.1, 0.15) is 23.3 Å². The van der Waals surface area contributed by atoms with E-state index < -0.39 is 5.60 Å². The summed E-state index contributed by atoms with van der Waals surface area (Å²) < 4.78 is 20.3. The van der Waals surface area contributed by atoms with E-state index in [4.69, 9.17) is 4.74 Å². The zero-order chi connectivity index (χ0) is 21.1. The summed E-state index contributed by atoms with van der Waals surface area (Å²) in [6, 6.07) is 1.89. The van der Waals surface area contributed by atoms with Crippen molar-refractivity contribution >= 4 is 38.7 Å². The lowest BCUT2D eigenvalue weighted by Crippen LogP contribution is -2.50. The molecule has 6 nitrogen and oxygen atoms in total. The number of ether oxygens (including phenoxy) is 1. The Labute approximate surface area is 174 Å². The zero-order valence-electron chi connectivity index (χ0n) is 17.3.